The zero-order valence-electron chi connectivity index (χ0n) is 14.4. The summed E-state index contributed by atoms with van der Waals surface area (Å²) in [4.78, 5) is 12.2. The van der Waals surface area contributed by atoms with Gasteiger partial charge in [-0.1, -0.05) is 48.5 Å². The molecular weight excluding hydrogens is 345 g/mol. The number of phenolic OH excluding ortho intramolecular Hbond substituents is 1. The van der Waals surface area contributed by atoms with Gasteiger partial charge >= 0.3 is 0 Å². The molecule has 3 aromatic rings. The number of para-hydroxylation sites is 2. The number of anilines is 1. The molecule has 0 aliphatic heterocycles. The molecule has 0 unspecified atom stereocenters. The number of halogens is 1. The summed E-state index contributed by atoms with van der Waals surface area (Å²) in [6.45, 7) is 0.387. The number of hydrogen-bond acceptors (Lipinski definition) is 3. The van der Waals surface area contributed by atoms with Crippen molar-refractivity contribution in [3.8, 4) is 11.5 Å². The third-order valence-electron chi connectivity index (χ3n) is 3.78. The van der Waals surface area contributed by atoms with Gasteiger partial charge in [-0.3, -0.25) is 4.79 Å². The van der Waals surface area contributed by atoms with E-state index in [1.54, 1.807) is 18.2 Å². The van der Waals surface area contributed by atoms with Crippen molar-refractivity contribution in [2.75, 3.05) is 5.32 Å². The number of nitrogens with one attached hydrogen (secondary N) is 1. The summed E-state index contributed by atoms with van der Waals surface area (Å²) >= 11 is 0. The van der Waals surface area contributed by atoms with Crippen molar-refractivity contribution in [1.82, 2.24) is 0 Å². The molecule has 0 heterocycles. The SMILES string of the molecule is O=C(/C=C/c1ccc(F)c(O)c1)Nc1ccccc1OCc1ccccc1. The normalized spacial score (nSPS) is 10.7. The van der Waals surface area contributed by atoms with Gasteiger partial charge in [-0.15, -0.1) is 0 Å². The summed E-state index contributed by atoms with van der Waals surface area (Å²) in [5, 5.41) is 12.1. The van der Waals surface area contributed by atoms with Gasteiger partial charge in [0.15, 0.2) is 11.6 Å². The van der Waals surface area contributed by atoms with Gasteiger partial charge in [0.2, 0.25) is 5.91 Å². The topological polar surface area (TPSA) is 58.6 Å². The van der Waals surface area contributed by atoms with Crippen molar-refractivity contribution in [1.29, 1.82) is 0 Å². The van der Waals surface area contributed by atoms with Gasteiger partial charge in [-0.2, -0.15) is 0 Å². The molecule has 3 aromatic carbocycles. The number of benzene rings is 3. The molecule has 0 atom stereocenters. The van der Waals surface area contributed by atoms with Crippen LogP contribution in [-0.2, 0) is 11.4 Å². The van der Waals surface area contributed by atoms with E-state index in [1.807, 2.05) is 36.4 Å². The number of ether oxygens (including phenoxy) is 1. The Morgan fingerprint density at radius 2 is 1.78 bits per heavy atom. The lowest BCUT2D eigenvalue weighted by Crippen LogP contribution is -2.09. The molecule has 0 aliphatic carbocycles. The van der Waals surface area contributed by atoms with Crippen LogP contribution in [0.5, 0.6) is 11.5 Å². The van der Waals surface area contributed by atoms with Crippen LogP contribution in [0.4, 0.5) is 10.1 Å². The van der Waals surface area contributed by atoms with Gasteiger partial charge in [0.25, 0.3) is 0 Å². The maximum absolute atomic E-state index is 13.1. The van der Waals surface area contributed by atoms with E-state index in [9.17, 15) is 14.3 Å². The minimum Gasteiger partial charge on any atom is -0.505 e. The highest BCUT2D eigenvalue weighted by Gasteiger charge is 2.06. The molecule has 0 aliphatic rings. The molecule has 136 valence electrons. The summed E-state index contributed by atoms with van der Waals surface area (Å²) in [5.41, 5.74) is 2.08. The van der Waals surface area contributed by atoms with Crippen LogP contribution < -0.4 is 10.1 Å². The van der Waals surface area contributed by atoms with E-state index in [0.717, 1.165) is 11.6 Å². The number of phenols is 1. The van der Waals surface area contributed by atoms with Crippen LogP contribution in [-0.4, -0.2) is 11.0 Å². The number of carbonyl (C=O) groups excluding carboxylic acids is 1. The second-order valence-electron chi connectivity index (χ2n) is 5.80. The monoisotopic (exact) mass is 363 g/mol. The lowest BCUT2D eigenvalue weighted by molar-refractivity contribution is -0.111. The van der Waals surface area contributed by atoms with Crippen LogP contribution in [0.25, 0.3) is 6.08 Å². The Kier molecular flexibility index (Phi) is 5.84. The molecule has 4 nitrogen and oxygen atoms in total. The summed E-state index contributed by atoms with van der Waals surface area (Å²) in [7, 11) is 0. The summed E-state index contributed by atoms with van der Waals surface area (Å²) in [6, 6.07) is 20.7. The average molecular weight is 363 g/mol. The average Bonchev–Trinajstić information content (AvgIpc) is 2.69. The number of aromatic hydroxyl groups is 1. The molecule has 1 amide bonds. The van der Waals surface area contributed by atoms with E-state index in [0.29, 0.717) is 23.6 Å². The van der Waals surface area contributed by atoms with Crippen LogP contribution in [0.2, 0.25) is 0 Å². The molecule has 0 saturated carbocycles. The fourth-order valence-electron chi connectivity index (χ4n) is 2.41. The maximum atomic E-state index is 13.1. The molecule has 0 saturated heterocycles. The molecule has 2 N–H and O–H groups in total. The highest BCUT2D eigenvalue weighted by molar-refractivity contribution is 6.02. The fraction of sp³-hybridized carbons (Fsp3) is 0.0455. The third-order valence-corrected chi connectivity index (χ3v) is 3.78. The lowest BCUT2D eigenvalue weighted by atomic mass is 10.2. The van der Waals surface area contributed by atoms with Crippen LogP contribution >= 0.6 is 0 Å². The van der Waals surface area contributed by atoms with Gasteiger partial charge in [0.1, 0.15) is 12.4 Å². The summed E-state index contributed by atoms with van der Waals surface area (Å²) in [5.74, 6) is -0.976. The quantitative estimate of drug-likeness (QED) is 0.621. The van der Waals surface area contributed by atoms with E-state index >= 15 is 0 Å². The first-order valence-electron chi connectivity index (χ1n) is 8.35. The van der Waals surface area contributed by atoms with Crippen LogP contribution in [0.1, 0.15) is 11.1 Å². The smallest absolute Gasteiger partial charge is 0.248 e. The molecule has 0 bridgehead atoms. The van der Waals surface area contributed by atoms with E-state index in [1.165, 1.54) is 24.3 Å². The fourth-order valence-corrected chi connectivity index (χ4v) is 2.41. The molecule has 0 aromatic heterocycles. The van der Waals surface area contributed by atoms with E-state index in [2.05, 4.69) is 5.32 Å². The number of carbonyl (C=O) groups is 1. The van der Waals surface area contributed by atoms with Crippen molar-refractivity contribution in [3.63, 3.8) is 0 Å². The van der Waals surface area contributed by atoms with E-state index < -0.39 is 11.6 Å². The van der Waals surface area contributed by atoms with Gasteiger partial charge in [0.05, 0.1) is 5.69 Å². The molecule has 0 spiro atoms. The number of hydrogen-bond donors (Lipinski definition) is 2. The predicted octanol–water partition coefficient (Wildman–Crippen LogP) is 4.76. The van der Waals surface area contributed by atoms with Crippen LogP contribution in [0.15, 0.2) is 78.9 Å². The van der Waals surface area contributed by atoms with E-state index in [4.69, 9.17) is 4.74 Å². The lowest BCUT2D eigenvalue weighted by Gasteiger charge is -2.11. The minimum absolute atomic E-state index is 0.366. The van der Waals surface area contributed by atoms with Crippen LogP contribution in [0.3, 0.4) is 0 Å². The number of rotatable bonds is 6. The van der Waals surface area contributed by atoms with Gasteiger partial charge in [-0.05, 0) is 41.5 Å². The summed E-state index contributed by atoms with van der Waals surface area (Å²) < 4.78 is 18.9. The standard InChI is InChI=1S/C22H18FNO3/c23-18-12-10-16(14-20(18)25)11-13-22(26)24-19-8-4-5-9-21(19)27-15-17-6-2-1-3-7-17/h1-14,25H,15H2,(H,24,26)/b13-11+. The van der Waals surface area contributed by atoms with Gasteiger partial charge in [-0.25, -0.2) is 4.39 Å². The molecular formula is C22H18FNO3. The Balaban J connectivity index is 1.65. The largest absolute Gasteiger partial charge is 0.505 e. The van der Waals surface area contributed by atoms with Crippen molar-refractivity contribution >= 4 is 17.7 Å². The Hall–Kier alpha value is -3.60. The number of amides is 1. The van der Waals surface area contributed by atoms with Gasteiger partial charge < -0.3 is 15.2 Å². The summed E-state index contributed by atoms with van der Waals surface area (Å²) in [6.07, 6.45) is 2.79. The van der Waals surface area contributed by atoms with Crippen molar-refractivity contribution in [2.24, 2.45) is 0 Å². The van der Waals surface area contributed by atoms with Crippen molar-refractivity contribution in [2.45, 2.75) is 6.61 Å². The Labute approximate surface area is 156 Å². The first-order valence-corrected chi connectivity index (χ1v) is 8.35. The highest BCUT2D eigenvalue weighted by atomic mass is 19.1. The Bertz CT molecular complexity index is 955. The Morgan fingerprint density at radius 1 is 1.04 bits per heavy atom. The Morgan fingerprint density at radius 3 is 2.56 bits per heavy atom. The highest BCUT2D eigenvalue weighted by Crippen LogP contribution is 2.25. The zero-order chi connectivity index (χ0) is 19.1. The first kappa shape index (κ1) is 18.2. The third kappa shape index (κ3) is 5.19. The van der Waals surface area contributed by atoms with Crippen molar-refractivity contribution in [3.05, 3.63) is 95.8 Å². The molecule has 5 heteroatoms. The van der Waals surface area contributed by atoms with Crippen LogP contribution in [0, 0.1) is 5.82 Å². The predicted molar refractivity (Wildman–Crippen MR) is 103 cm³/mol. The van der Waals surface area contributed by atoms with Crippen molar-refractivity contribution < 1.29 is 19.0 Å². The van der Waals surface area contributed by atoms with Gasteiger partial charge in [0, 0.05) is 6.08 Å². The second kappa shape index (κ2) is 8.67. The molecule has 3 rings (SSSR count). The molecule has 27 heavy (non-hydrogen) atoms. The first-order chi connectivity index (χ1) is 13.1. The molecule has 0 radical (unpaired) electrons. The van der Waals surface area contributed by atoms with E-state index in [-0.39, 0.29) is 5.91 Å². The minimum atomic E-state index is -0.707. The molecule has 0 fully saturated rings. The second-order valence-corrected chi connectivity index (χ2v) is 5.80. The zero-order valence-corrected chi connectivity index (χ0v) is 14.4. The maximum Gasteiger partial charge on any atom is 0.248 e.